The summed E-state index contributed by atoms with van der Waals surface area (Å²) in [5.41, 5.74) is -2.76. The molecular weight excluding hydrogens is 290 g/mol. The molecule has 9 heteroatoms. The Morgan fingerprint density at radius 2 is 1.70 bits per heavy atom. The number of carbonyl (C=O) groups is 1. The lowest BCUT2D eigenvalue weighted by molar-refractivity contribution is -0.137. The Morgan fingerprint density at radius 3 is 2.20 bits per heavy atom. The third-order valence-corrected chi connectivity index (χ3v) is 2.52. The number of anilines is 1. The molecule has 3 nitrogen and oxygen atoms in total. The van der Waals surface area contributed by atoms with Crippen molar-refractivity contribution >= 4 is 17.3 Å². The molecule has 108 valence electrons. The van der Waals surface area contributed by atoms with Crippen LogP contribution in [0.2, 0.25) is 0 Å². The van der Waals surface area contributed by atoms with E-state index in [0.717, 1.165) is 18.2 Å². The highest BCUT2D eigenvalue weighted by Crippen LogP contribution is 2.33. The first-order valence-corrected chi connectivity index (χ1v) is 5.24. The minimum atomic E-state index is -4.79. The number of amides is 1. The maximum atomic E-state index is 12.5. The van der Waals surface area contributed by atoms with Gasteiger partial charge >= 0.3 is 12.4 Å². The summed E-state index contributed by atoms with van der Waals surface area (Å²) >= 11 is 0. The molecule has 0 aromatic heterocycles. The van der Waals surface area contributed by atoms with Crippen LogP contribution in [0, 0.1) is 0 Å². The first kappa shape index (κ1) is 14.4. The number of halogens is 6. The summed E-state index contributed by atoms with van der Waals surface area (Å²) in [5, 5.41) is 3.37. The molecule has 0 N–H and O–H groups in total. The van der Waals surface area contributed by atoms with Crippen molar-refractivity contribution in [1.82, 2.24) is 0 Å². The molecule has 0 radical (unpaired) electrons. The molecule has 2 rings (SSSR count). The zero-order valence-electron chi connectivity index (χ0n) is 9.59. The smallest absolute Gasteiger partial charge is 0.272 e. The van der Waals surface area contributed by atoms with Crippen molar-refractivity contribution in [1.29, 1.82) is 0 Å². The van der Waals surface area contributed by atoms with Crippen LogP contribution in [0.25, 0.3) is 0 Å². The maximum absolute atomic E-state index is 12.5. The Kier molecular flexibility index (Phi) is 3.23. The van der Waals surface area contributed by atoms with Crippen molar-refractivity contribution in [2.75, 3.05) is 5.01 Å². The van der Waals surface area contributed by atoms with E-state index < -0.39 is 36.0 Å². The summed E-state index contributed by atoms with van der Waals surface area (Å²) in [6.07, 6.45) is -10.4. The minimum Gasteiger partial charge on any atom is -0.272 e. The lowest BCUT2D eigenvalue weighted by Crippen LogP contribution is -2.22. The second kappa shape index (κ2) is 4.50. The molecule has 1 aromatic carbocycles. The number of carbonyl (C=O) groups excluding carboxylic acids is 1. The van der Waals surface area contributed by atoms with Crippen LogP contribution in [0.1, 0.15) is 12.0 Å². The van der Waals surface area contributed by atoms with Gasteiger partial charge in [-0.2, -0.15) is 31.4 Å². The summed E-state index contributed by atoms with van der Waals surface area (Å²) in [6.45, 7) is 0. The van der Waals surface area contributed by atoms with Crippen molar-refractivity contribution in [2.45, 2.75) is 18.8 Å². The maximum Gasteiger partial charge on any atom is 0.431 e. The number of nitrogens with zero attached hydrogens (tertiary/aromatic N) is 2. The van der Waals surface area contributed by atoms with E-state index in [1.54, 1.807) is 0 Å². The van der Waals surface area contributed by atoms with Gasteiger partial charge in [-0.25, -0.2) is 5.01 Å². The number of rotatable bonds is 1. The van der Waals surface area contributed by atoms with E-state index in [4.69, 9.17) is 0 Å². The van der Waals surface area contributed by atoms with E-state index >= 15 is 0 Å². The average molecular weight is 296 g/mol. The van der Waals surface area contributed by atoms with E-state index in [9.17, 15) is 31.1 Å². The number of hydrogen-bond donors (Lipinski definition) is 0. The van der Waals surface area contributed by atoms with Gasteiger partial charge in [0.1, 0.15) is 0 Å². The molecule has 0 fully saturated rings. The summed E-state index contributed by atoms with van der Waals surface area (Å²) in [4.78, 5) is 11.4. The number of benzene rings is 1. The molecule has 0 unspecified atom stereocenters. The second-order valence-electron chi connectivity index (χ2n) is 3.97. The molecule has 0 saturated carbocycles. The SMILES string of the molecule is O=C1CC(C(F)(F)F)=NN1c1cccc(C(F)(F)F)c1. The van der Waals surface area contributed by atoms with Crippen LogP contribution >= 0.6 is 0 Å². The Hall–Kier alpha value is -2.06. The highest BCUT2D eigenvalue weighted by Gasteiger charge is 2.43. The molecule has 0 spiro atoms. The molecular formula is C11H6F6N2O. The van der Waals surface area contributed by atoms with Gasteiger partial charge in [0.05, 0.1) is 17.7 Å². The highest BCUT2D eigenvalue weighted by molar-refractivity contribution is 6.14. The summed E-state index contributed by atoms with van der Waals surface area (Å²) < 4.78 is 74.7. The molecule has 1 aliphatic heterocycles. The van der Waals surface area contributed by atoms with Crippen LogP contribution in [-0.4, -0.2) is 17.8 Å². The van der Waals surface area contributed by atoms with E-state index in [0.29, 0.717) is 11.1 Å². The fourth-order valence-corrected chi connectivity index (χ4v) is 1.60. The Bertz CT molecular complexity index is 575. The lowest BCUT2D eigenvalue weighted by Gasteiger charge is -2.14. The molecule has 0 aliphatic carbocycles. The predicted octanol–water partition coefficient (Wildman–Crippen LogP) is 3.36. The standard InChI is InChI=1S/C11H6F6N2O/c12-10(13,14)6-2-1-3-7(4-6)19-9(20)5-8(18-19)11(15,16)17/h1-4H,5H2. The van der Waals surface area contributed by atoms with Crippen LogP contribution in [-0.2, 0) is 11.0 Å². The van der Waals surface area contributed by atoms with Crippen molar-refractivity contribution < 1.29 is 31.1 Å². The summed E-state index contributed by atoms with van der Waals surface area (Å²) in [6, 6.07) is 3.39. The van der Waals surface area contributed by atoms with Gasteiger partial charge in [0.25, 0.3) is 5.91 Å². The minimum absolute atomic E-state index is 0.331. The zero-order chi connectivity index (χ0) is 15.1. The highest BCUT2D eigenvalue weighted by atomic mass is 19.4. The topological polar surface area (TPSA) is 32.7 Å². The first-order chi connectivity index (χ1) is 9.09. The van der Waals surface area contributed by atoms with Gasteiger partial charge in [0.2, 0.25) is 0 Å². The van der Waals surface area contributed by atoms with Gasteiger partial charge < -0.3 is 0 Å². The van der Waals surface area contributed by atoms with Crippen LogP contribution in [0.3, 0.4) is 0 Å². The van der Waals surface area contributed by atoms with Crippen LogP contribution in [0.5, 0.6) is 0 Å². The van der Waals surface area contributed by atoms with Gasteiger partial charge in [-0.05, 0) is 18.2 Å². The van der Waals surface area contributed by atoms with Gasteiger partial charge in [0.15, 0.2) is 5.71 Å². The van der Waals surface area contributed by atoms with Crippen molar-refractivity contribution in [2.24, 2.45) is 5.10 Å². The molecule has 20 heavy (non-hydrogen) atoms. The molecule has 1 heterocycles. The largest absolute Gasteiger partial charge is 0.431 e. The lowest BCUT2D eigenvalue weighted by atomic mass is 10.2. The van der Waals surface area contributed by atoms with Gasteiger partial charge in [-0.15, -0.1) is 0 Å². The number of hydrogen-bond acceptors (Lipinski definition) is 2. The van der Waals surface area contributed by atoms with Crippen LogP contribution < -0.4 is 5.01 Å². The van der Waals surface area contributed by atoms with E-state index in [2.05, 4.69) is 5.10 Å². The Labute approximate surface area is 108 Å². The predicted molar refractivity (Wildman–Crippen MR) is 57.0 cm³/mol. The summed E-state index contributed by atoms with van der Waals surface area (Å²) in [5.74, 6) is -1.03. The van der Waals surface area contributed by atoms with Crippen molar-refractivity contribution in [3.8, 4) is 0 Å². The second-order valence-corrected chi connectivity index (χ2v) is 3.97. The third-order valence-electron chi connectivity index (χ3n) is 2.52. The van der Waals surface area contributed by atoms with Crippen LogP contribution in [0.15, 0.2) is 29.4 Å². The first-order valence-electron chi connectivity index (χ1n) is 5.24. The fourth-order valence-electron chi connectivity index (χ4n) is 1.60. The quantitative estimate of drug-likeness (QED) is 0.731. The molecule has 0 atom stereocenters. The molecule has 0 saturated heterocycles. The van der Waals surface area contributed by atoms with E-state index in [1.807, 2.05) is 0 Å². The fraction of sp³-hybridized carbons (Fsp3) is 0.273. The molecule has 1 amide bonds. The van der Waals surface area contributed by atoms with E-state index in [-0.39, 0.29) is 5.69 Å². The van der Waals surface area contributed by atoms with Gasteiger partial charge in [0, 0.05) is 0 Å². The van der Waals surface area contributed by atoms with Crippen molar-refractivity contribution in [3.63, 3.8) is 0 Å². The Morgan fingerprint density at radius 1 is 1.05 bits per heavy atom. The monoisotopic (exact) mass is 296 g/mol. The molecule has 1 aliphatic rings. The average Bonchev–Trinajstić information content (AvgIpc) is 2.70. The normalized spacial score (nSPS) is 16.6. The molecule has 1 aromatic rings. The van der Waals surface area contributed by atoms with Crippen LogP contribution in [0.4, 0.5) is 32.0 Å². The Balaban J connectivity index is 2.38. The van der Waals surface area contributed by atoms with Gasteiger partial charge in [-0.3, -0.25) is 4.79 Å². The van der Waals surface area contributed by atoms with E-state index in [1.165, 1.54) is 0 Å². The zero-order valence-corrected chi connectivity index (χ0v) is 9.59. The number of alkyl halides is 6. The summed E-state index contributed by atoms with van der Waals surface area (Å²) in [7, 11) is 0. The molecule has 0 bridgehead atoms. The van der Waals surface area contributed by atoms with Crippen molar-refractivity contribution in [3.05, 3.63) is 29.8 Å². The third kappa shape index (κ3) is 2.75. The number of hydrazone groups is 1. The van der Waals surface area contributed by atoms with Gasteiger partial charge in [-0.1, -0.05) is 6.07 Å².